The van der Waals surface area contributed by atoms with Crippen LogP contribution in [0.4, 0.5) is 5.69 Å². The molecule has 2 fully saturated rings. The molecule has 1 spiro atoms. The molecule has 2 aliphatic carbocycles. The zero-order valence-electron chi connectivity index (χ0n) is 29.6. The number of benzene rings is 2. The third-order valence-electron chi connectivity index (χ3n) is 12.5. The maximum Gasteiger partial charge on any atom is 0.264 e. The zero-order valence-corrected chi connectivity index (χ0v) is 31.2. The Morgan fingerprint density at radius 3 is 2.66 bits per heavy atom. The fourth-order valence-electron chi connectivity index (χ4n) is 9.26. The van der Waals surface area contributed by atoms with Gasteiger partial charge in [-0.1, -0.05) is 36.7 Å². The second-order valence-electron chi connectivity index (χ2n) is 15.9. The van der Waals surface area contributed by atoms with Gasteiger partial charge in [-0.2, -0.15) is 0 Å². The summed E-state index contributed by atoms with van der Waals surface area (Å²) in [5.74, 6) is 0.322. The third kappa shape index (κ3) is 6.33. The van der Waals surface area contributed by atoms with E-state index in [1.54, 1.807) is 20.1 Å². The number of halogens is 1. The summed E-state index contributed by atoms with van der Waals surface area (Å²) in [5, 5.41) is -0.0642. The Morgan fingerprint density at radius 2 is 1.94 bits per heavy atom. The van der Waals surface area contributed by atoms with Crippen LogP contribution in [0.2, 0.25) is 5.02 Å². The van der Waals surface area contributed by atoms with Gasteiger partial charge >= 0.3 is 0 Å². The van der Waals surface area contributed by atoms with Crippen LogP contribution in [0.1, 0.15) is 74.4 Å². The largest absolute Gasteiger partial charge is 0.490 e. The van der Waals surface area contributed by atoms with Crippen LogP contribution in [0.5, 0.6) is 5.75 Å². The first-order valence-corrected chi connectivity index (χ1v) is 19.9. The van der Waals surface area contributed by atoms with Crippen LogP contribution in [0, 0.1) is 24.3 Å². The van der Waals surface area contributed by atoms with Gasteiger partial charge in [0.05, 0.1) is 30.6 Å². The lowest BCUT2D eigenvalue weighted by atomic mass is 9.63. The second kappa shape index (κ2) is 13.1. The molecule has 0 aromatic heterocycles. The Bertz CT molecular complexity index is 1840. The van der Waals surface area contributed by atoms with Gasteiger partial charge < -0.3 is 19.2 Å². The van der Waals surface area contributed by atoms with Gasteiger partial charge in [-0.15, -0.1) is 0 Å². The molecule has 7 rings (SSSR count). The van der Waals surface area contributed by atoms with E-state index in [2.05, 4.69) is 43.7 Å². The molecule has 2 aromatic rings. The number of carbonyl (C=O) groups is 1. The van der Waals surface area contributed by atoms with Crippen LogP contribution in [0.25, 0.3) is 4.85 Å². The van der Waals surface area contributed by atoms with Gasteiger partial charge in [0.25, 0.3) is 11.4 Å². The molecule has 5 aliphatic rings. The van der Waals surface area contributed by atoms with Crippen LogP contribution in [-0.2, 0) is 26.6 Å². The zero-order chi connectivity index (χ0) is 35.5. The van der Waals surface area contributed by atoms with Gasteiger partial charge in [0.2, 0.25) is 10.0 Å². The summed E-state index contributed by atoms with van der Waals surface area (Å²) < 4.78 is 42.6. The number of carbonyl (C=O) groups excluding carboxylic acids is 1. The molecular formula is C39H49ClN4O5S. The number of ether oxygens (including phenoxy) is 2. The Balaban J connectivity index is 1.31. The van der Waals surface area contributed by atoms with Gasteiger partial charge in [0, 0.05) is 49.7 Å². The molecule has 1 saturated carbocycles. The highest BCUT2D eigenvalue weighted by Crippen LogP contribution is 2.49. The highest BCUT2D eigenvalue weighted by molar-refractivity contribution is 7.90. The molecule has 1 amide bonds. The van der Waals surface area contributed by atoms with Gasteiger partial charge in [-0.25, -0.2) is 19.7 Å². The number of rotatable bonds is 3. The highest BCUT2D eigenvalue weighted by Gasteiger charge is 2.53. The quantitative estimate of drug-likeness (QED) is 0.296. The van der Waals surface area contributed by atoms with E-state index < -0.39 is 26.8 Å². The minimum absolute atomic E-state index is 0.209. The molecule has 1 saturated heterocycles. The summed E-state index contributed by atoms with van der Waals surface area (Å²) >= 11 is 6.47. The molecule has 9 nitrogen and oxygen atoms in total. The summed E-state index contributed by atoms with van der Waals surface area (Å²) in [6, 6.07) is 11.5. The average Bonchev–Trinajstić information content (AvgIpc) is 3.21. The van der Waals surface area contributed by atoms with E-state index in [0.29, 0.717) is 50.9 Å². The summed E-state index contributed by atoms with van der Waals surface area (Å²) in [5.41, 5.74) is 2.36. The van der Waals surface area contributed by atoms with Crippen molar-refractivity contribution in [1.29, 1.82) is 0 Å². The molecule has 3 heterocycles. The maximum atomic E-state index is 13.6. The van der Waals surface area contributed by atoms with E-state index in [4.69, 9.17) is 27.6 Å². The van der Waals surface area contributed by atoms with E-state index in [1.807, 2.05) is 32.0 Å². The first-order valence-electron chi connectivity index (χ1n) is 18.0. The smallest absolute Gasteiger partial charge is 0.264 e. The van der Waals surface area contributed by atoms with Crippen molar-refractivity contribution < 1.29 is 22.7 Å². The molecule has 6 atom stereocenters. The minimum atomic E-state index is -3.97. The molecule has 0 radical (unpaired) electrons. The molecule has 2 aromatic carbocycles. The van der Waals surface area contributed by atoms with Crippen molar-refractivity contribution in [2.45, 2.75) is 81.1 Å². The minimum Gasteiger partial charge on any atom is -0.490 e. The number of hydrogen-bond donors (Lipinski definition) is 1. The lowest BCUT2D eigenvalue weighted by Gasteiger charge is -2.53. The Labute approximate surface area is 302 Å². The Hall–Kier alpha value is -3.10. The number of nitrogens with one attached hydrogen (secondary N) is 1. The molecule has 268 valence electrons. The van der Waals surface area contributed by atoms with Crippen molar-refractivity contribution in [1.82, 2.24) is 9.62 Å². The van der Waals surface area contributed by atoms with Crippen molar-refractivity contribution in [3.63, 3.8) is 0 Å². The number of likely N-dealkylation sites (tertiary alicyclic amines) is 1. The first kappa shape index (κ1) is 35.3. The summed E-state index contributed by atoms with van der Waals surface area (Å²) in [7, 11) is -2.18. The summed E-state index contributed by atoms with van der Waals surface area (Å²) in [6.45, 7) is 17.3. The van der Waals surface area contributed by atoms with E-state index in [9.17, 15) is 13.2 Å². The predicted octanol–water partition coefficient (Wildman–Crippen LogP) is 6.26. The lowest BCUT2D eigenvalue weighted by molar-refractivity contribution is -0.104. The third-order valence-corrected chi connectivity index (χ3v) is 14.6. The Kier molecular flexibility index (Phi) is 9.28. The second-order valence-corrected chi connectivity index (χ2v) is 18.4. The van der Waals surface area contributed by atoms with Crippen molar-refractivity contribution in [3.8, 4) is 5.75 Å². The molecule has 1 N–H and O–H groups in total. The summed E-state index contributed by atoms with van der Waals surface area (Å²) in [4.78, 5) is 22.2. The van der Waals surface area contributed by atoms with Crippen molar-refractivity contribution in [2.75, 3.05) is 51.3 Å². The standard InChI is InChI=1S/C39H49ClN4O5S/c1-26-8-6-17-39(48-5,24-43-21-37(3,22-43)41-4)33-13-10-30(33)20-44-23-38(16-7-9-28-18-31(40)12-14-32(28)38)25-49-35-15-11-29(19-34(35)44)36(45)42-50(46,47)27(26)2/h6,11-12,14-15,17-19,26-27,30,33H,7-10,13,16,20-25H2,1-3,5H3,(H,42,45)/b17-6+/t26-,27+,30-,33+,38-,39-/m0/s1. The molecular weight excluding hydrogens is 672 g/mol. The molecule has 3 aliphatic heterocycles. The van der Waals surface area contributed by atoms with E-state index in [-0.39, 0.29) is 28.4 Å². The van der Waals surface area contributed by atoms with Crippen molar-refractivity contribution in [2.24, 2.45) is 17.8 Å². The number of fused-ring (bicyclic) bond motifs is 4. The number of anilines is 1. The SMILES string of the molecule is [C-]#[N+]C1(C)CN(C[C@@]2(OC)/C=C/C[C@H](C)[C@@H](C)S(=O)(=O)NC(=O)c3ccc4c(c3)N(C[C@@H]3CC[C@H]32)C[C@@]2(CCCc3cc(Cl)ccc32)CO4)C1. The number of sulfonamides is 1. The monoisotopic (exact) mass is 720 g/mol. The van der Waals surface area contributed by atoms with Gasteiger partial charge in [-0.3, -0.25) is 9.69 Å². The van der Waals surface area contributed by atoms with E-state index >= 15 is 0 Å². The van der Waals surface area contributed by atoms with Crippen molar-refractivity contribution >= 4 is 33.2 Å². The first-order chi connectivity index (χ1) is 23.8. The van der Waals surface area contributed by atoms with Crippen LogP contribution >= 0.6 is 11.6 Å². The normalized spacial score (nSPS) is 34.0. The van der Waals surface area contributed by atoms with E-state index in [0.717, 1.165) is 49.4 Å². The molecule has 2 bridgehead atoms. The topological polar surface area (TPSA) is 92.5 Å². The number of amides is 1. The van der Waals surface area contributed by atoms with Gasteiger partial charge in [-0.05, 0) is 105 Å². The van der Waals surface area contributed by atoms with Gasteiger partial charge in [0.15, 0.2) is 0 Å². The van der Waals surface area contributed by atoms with Crippen molar-refractivity contribution in [3.05, 3.63) is 81.7 Å². The molecule has 50 heavy (non-hydrogen) atoms. The summed E-state index contributed by atoms with van der Waals surface area (Å²) in [6.07, 6.45) is 9.77. The van der Waals surface area contributed by atoms with Crippen LogP contribution in [0.15, 0.2) is 48.6 Å². The predicted molar refractivity (Wildman–Crippen MR) is 196 cm³/mol. The van der Waals surface area contributed by atoms with Gasteiger partial charge in [0.1, 0.15) is 11.4 Å². The average molecular weight is 721 g/mol. The molecule has 11 heteroatoms. The highest BCUT2D eigenvalue weighted by atomic mass is 35.5. The number of hydrogen-bond acceptors (Lipinski definition) is 7. The lowest BCUT2D eigenvalue weighted by Crippen LogP contribution is -2.64. The fraction of sp³-hybridized carbons (Fsp3) is 0.590. The van der Waals surface area contributed by atoms with Crippen LogP contribution in [-0.4, -0.2) is 82.1 Å². The fourth-order valence-corrected chi connectivity index (χ4v) is 10.7. The van der Waals surface area contributed by atoms with Crippen LogP contribution < -0.4 is 14.4 Å². The van der Waals surface area contributed by atoms with E-state index in [1.165, 1.54) is 11.1 Å². The maximum absolute atomic E-state index is 13.6. The van der Waals surface area contributed by atoms with Crippen LogP contribution in [0.3, 0.4) is 0 Å². The Morgan fingerprint density at radius 1 is 1.14 bits per heavy atom. The number of aryl methyl sites for hydroxylation is 1. The number of methoxy groups -OCH3 is 1. The number of nitrogens with zero attached hydrogens (tertiary/aromatic N) is 3. The number of allylic oxidation sites excluding steroid dienone is 1. The molecule has 0 unspecified atom stereocenters.